The SMILES string of the molecule is COc1ccc(C2c3ccsc3CCN2C(=O)CN(C2CC2)S(=O)(=O)c2ccc(Cl)cc2)cc1. The number of thiophene rings is 1. The van der Waals surface area contributed by atoms with Gasteiger partial charge in [0, 0.05) is 22.5 Å². The molecule has 1 saturated carbocycles. The number of amides is 1. The zero-order valence-corrected chi connectivity index (χ0v) is 21.1. The van der Waals surface area contributed by atoms with Gasteiger partial charge in [0.2, 0.25) is 15.9 Å². The molecule has 9 heteroatoms. The van der Waals surface area contributed by atoms with E-state index in [1.54, 1.807) is 30.6 Å². The molecule has 178 valence electrons. The van der Waals surface area contributed by atoms with E-state index >= 15 is 0 Å². The monoisotopic (exact) mass is 516 g/mol. The van der Waals surface area contributed by atoms with Crippen LogP contribution in [0.3, 0.4) is 0 Å². The van der Waals surface area contributed by atoms with E-state index < -0.39 is 10.0 Å². The van der Waals surface area contributed by atoms with Gasteiger partial charge in [-0.05, 0) is 78.2 Å². The zero-order chi connectivity index (χ0) is 23.9. The Labute approximate surface area is 208 Å². The zero-order valence-electron chi connectivity index (χ0n) is 18.7. The third-order valence-electron chi connectivity index (χ3n) is 6.38. The molecule has 1 unspecified atom stereocenters. The number of rotatable bonds is 7. The van der Waals surface area contributed by atoms with Crippen LogP contribution in [-0.2, 0) is 21.2 Å². The molecule has 5 rings (SSSR count). The first kappa shape index (κ1) is 23.4. The summed E-state index contributed by atoms with van der Waals surface area (Å²) in [5.41, 5.74) is 2.08. The lowest BCUT2D eigenvalue weighted by Crippen LogP contribution is -2.47. The van der Waals surface area contributed by atoms with Gasteiger partial charge in [-0.15, -0.1) is 11.3 Å². The number of fused-ring (bicyclic) bond motifs is 1. The Balaban J connectivity index is 1.45. The van der Waals surface area contributed by atoms with Crippen molar-refractivity contribution in [1.29, 1.82) is 0 Å². The van der Waals surface area contributed by atoms with E-state index in [9.17, 15) is 13.2 Å². The summed E-state index contributed by atoms with van der Waals surface area (Å²) in [6.45, 7) is 0.365. The molecule has 0 bridgehead atoms. The molecule has 1 aromatic heterocycles. The second-order valence-electron chi connectivity index (χ2n) is 8.55. The Morgan fingerprint density at radius 3 is 2.47 bits per heavy atom. The van der Waals surface area contributed by atoms with Crippen LogP contribution in [0.1, 0.15) is 34.9 Å². The lowest BCUT2D eigenvalue weighted by Gasteiger charge is -2.37. The third kappa shape index (κ3) is 4.47. The summed E-state index contributed by atoms with van der Waals surface area (Å²) in [6, 6.07) is 15.5. The molecular weight excluding hydrogens is 492 g/mol. The van der Waals surface area contributed by atoms with Crippen LogP contribution in [0.4, 0.5) is 0 Å². The molecule has 1 atom stereocenters. The van der Waals surface area contributed by atoms with Crippen molar-refractivity contribution < 1.29 is 17.9 Å². The van der Waals surface area contributed by atoms with E-state index in [0.29, 0.717) is 11.6 Å². The first-order chi connectivity index (χ1) is 16.4. The maximum atomic E-state index is 13.7. The Bertz CT molecular complexity index is 1290. The van der Waals surface area contributed by atoms with Gasteiger partial charge >= 0.3 is 0 Å². The van der Waals surface area contributed by atoms with Gasteiger partial charge < -0.3 is 9.64 Å². The quantitative estimate of drug-likeness (QED) is 0.455. The maximum Gasteiger partial charge on any atom is 0.243 e. The largest absolute Gasteiger partial charge is 0.497 e. The van der Waals surface area contributed by atoms with Crippen molar-refractivity contribution >= 4 is 38.9 Å². The van der Waals surface area contributed by atoms with Crippen LogP contribution in [0.25, 0.3) is 0 Å². The van der Waals surface area contributed by atoms with E-state index in [4.69, 9.17) is 16.3 Å². The molecule has 2 aromatic carbocycles. The van der Waals surface area contributed by atoms with Crippen LogP contribution in [0, 0.1) is 0 Å². The van der Waals surface area contributed by atoms with E-state index in [-0.39, 0.29) is 29.4 Å². The van der Waals surface area contributed by atoms with Gasteiger partial charge in [-0.2, -0.15) is 4.31 Å². The highest BCUT2D eigenvalue weighted by Crippen LogP contribution is 2.39. The van der Waals surface area contributed by atoms with E-state index in [0.717, 1.165) is 36.1 Å². The van der Waals surface area contributed by atoms with Crippen LogP contribution < -0.4 is 4.74 Å². The fourth-order valence-corrected chi connectivity index (χ4v) is 7.13. The number of ether oxygens (including phenoxy) is 1. The van der Waals surface area contributed by atoms with Gasteiger partial charge in [0.15, 0.2) is 0 Å². The highest BCUT2D eigenvalue weighted by Gasteiger charge is 2.41. The van der Waals surface area contributed by atoms with Crippen molar-refractivity contribution in [3.63, 3.8) is 0 Å². The number of methoxy groups -OCH3 is 1. The molecule has 0 radical (unpaired) electrons. The minimum Gasteiger partial charge on any atom is -0.497 e. The molecule has 0 saturated heterocycles. The van der Waals surface area contributed by atoms with Crippen molar-refractivity contribution in [1.82, 2.24) is 9.21 Å². The summed E-state index contributed by atoms with van der Waals surface area (Å²) in [6.07, 6.45) is 2.28. The highest BCUT2D eigenvalue weighted by molar-refractivity contribution is 7.89. The van der Waals surface area contributed by atoms with Crippen molar-refractivity contribution in [2.24, 2.45) is 0 Å². The second-order valence-corrected chi connectivity index (χ2v) is 11.9. The van der Waals surface area contributed by atoms with Crippen LogP contribution >= 0.6 is 22.9 Å². The number of hydrogen-bond donors (Lipinski definition) is 0. The predicted molar refractivity (Wildman–Crippen MR) is 133 cm³/mol. The van der Waals surface area contributed by atoms with Gasteiger partial charge in [0.05, 0.1) is 24.6 Å². The summed E-state index contributed by atoms with van der Waals surface area (Å²) in [5, 5.41) is 2.52. The first-order valence-corrected chi connectivity index (χ1v) is 13.9. The number of benzene rings is 2. The van der Waals surface area contributed by atoms with E-state index in [1.807, 2.05) is 29.2 Å². The van der Waals surface area contributed by atoms with Gasteiger partial charge in [-0.1, -0.05) is 23.7 Å². The number of halogens is 1. The smallest absolute Gasteiger partial charge is 0.243 e. The Hall–Kier alpha value is -2.39. The fraction of sp³-hybridized carbons (Fsp3) is 0.320. The van der Waals surface area contributed by atoms with Crippen LogP contribution in [-0.4, -0.2) is 49.8 Å². The highest BCUT2D eigenvalue weighted by atomic mass is 35.5. The molecule has 0 N–H and O–H groups in total. The number of carbonyl (C=O) groups excluding carboxylic acids is 1. The number of hydrogen-bond acceptors (Lipinski definition) is 5. The molecule has 1 amide bonds. The summed E-state index contributed by atoms with van der Waals surface area (Å²) in [7, 11) is -2.20. The maximum absolute atomic E-state index is 13.7. The average Bonchev–Trinajstić information content (AvgIpc) is 3.57. The average molecular weight is 517 g/mol. The predicted octanol–water partition coefficient (Wildman–Crippen LogP) is 4.74. The summed E-state index contributed by atoms with van der Waals surface area (Å²) < 4.78 is 33.5. The van der Waals surface area contributed by atoms with E-state index in [1.165, 1.54) is 21.3 Å². The first-order valence-electron chi connectivity index (χ1n) is 11.2. The van der Waals surface area contributed by atoms with Crippen molar-refractivity contribution in [3.8, 4) is 5.75 Å². The molecule has 0 spiro atoms. The molecule has 2 aliphatic rings. The van der Waals surface area contributed by atoms with Crippen LogP contribution in [0.5, 0.6) is 5.75 Å². The topological polar surface area (TPSA) is 66.9 Å². The summed E-state index contributed by atoms with van der Waals surface area (Å²) >= 11 is 7.65. The molecule has 2 heterocycles. The van der Waals surface area contributed by atoms with Crippen LogP contribution in [0.2, 0.25) is 5.02 Å². The summed E-state index contributed by atoms with van der Waals surface area (Å²) in [4.78, 5) is 16.9. The van der Waals surface area contributed by atoms with Crippen molar-refractivity contribution in [2.75, 3.05) is 20.2 Å². The fourth-order valence-electron chi connectivity index (χ4n) is 4.47. The molecule has 6 nitrogen and oxygen atoms in total. The second kappa shape index (κ2) is 9.34. The van der Waals surface area contributed by atoms with Gasteiger partial charge in [0.25, 0.3) is 0 Å². The number of carbonyl (C=O) groups is 1. The lowest BCUT2D eigenvalue weighted by molar-refractivity contribution is -0.133. The van der Waals surface area contributed by atoms with Gasteiger partial charge in [0.1, 0.15) is 5.75 Å². The Morgan fingerprint density at radius 2 is 1.82 bits per heavy atom. The molecular formula is C25H25ClN2O4S2. The molecule has 1 aliphatic carbocycles. The number of sulfonamides is 1. The van der Waals surface area contributed by atoms with E-state index in [2.05, 4.69) is 11.4 Å². The third-order valence-corrected chi connectivity index (χ3v) is 9.54. The number of nitrogens with zero attached hydrogens (tertiary/aromatic N) is 2. The standard InChI is InChI=1S/C25H25ClN2O4S2/c1-32-20-8-2-17(3-9-20)25-22-13-15-33-23(22)12-14-27(25)24(29)16-28(19-6-7-19)34(30,31)21-10-4-18(26)5-11-21/h2-5,8-11,13,15,19,25H,6-7,12,14,16H2,1H3. The van der Waals surface area contributed by atoms with Crippen molar-refractivity contribution in [3.05, 3.63) is 81.0 Å². The molecule has 34 heavy (non-hydrogen) atoms. The normalized spacial score (nSPS) is 18.1. The molecule has 1 aliphatic heterocycles. The Morgan fingerprint density at radius 1 is 1.12 bits per heavy atom. The summed E-state index contributed by atoms with van der Waals surface area (Å²) in [5.74, 6) is 0.555. The van der Waals surface area contributed by atoms with Crippen LogP contribution in [0.15, 0.2) is 64.9 Å². The molecule has 3 aromatic rings. The lowest BCUT2D eigenvalue weighted by atomic mass is 9.93. The minimum absolute atomic E-state index is 0.148. The van der Waals surface area contributed by atoms with Crippen molar-refractivity contribution in [2.45, 2.75) is 36.2 Å². The molecule has 1 fully saturated rings. The van der Waals surface area contributed by atoms with Gasteiger partial charge in [-0.3, -0.25) is 4.79 Å². The Kier molecular flexibility index (Phi) is 6.41. The minimum atomic E-state index is -3.82. The van der Waals surface area contributed by atoms with Gasteiger partial charge in [-0.25, -0.2) is 8.42 Å².